The van der Waals surface area contributed by atoms with Crippen LogP contribution in [-0.2, 0) is 0 Å². The number of amides is 1. The number of aromatic hydroxyl groups is 1. The van der Waals surface area contributed by atoms with Crippen molar-refractivity contribution in [2.45, 2.75) is 0 Å². The van der Waals surface area contributed by atoms with Crippen LogP contribution in [0.3, 0.4) is 0 Å². The van der Waals surface area contributed by atoms with Gasteiger partial charge in [0.2, 0.25) is 0 Å². The summed E-state index contributed by atoms with van der Waals surface area (Å²) in [6.07, 6.45) is 8.01. The third-order valence-corrected chi connectivity index (χ3v) is 5.08. The molecule has 5 rings (SSSR count). The van der Waals surface area contributed by atoms with Crippen LogP contribution in [-0.4, -0.2) is 26.3 Å². The molecule has 0 saturated heterocycles. The summed E-state index contributed by atoms with van der Waals surface area (Å²) in [5.74, 6) is 0.00198. The number of carbonyl (C=O) groups is 1. The lowest BCUT2D eigenvalue weighted by molar-refractivity contribution is 0.210. The maximum absolute atomic E-state index is 10.9. The summed E-state index contributed by atoms with van der Waals surface area (Å²) in [5, 5.41) is 32.7. The molecule has 0 fully saturated rings. The minimum absolute atomic E-state index is 0.00198. The maximum Gasteiger partial charge on any atom is 0.409 e. The molecule has 4 aromatic rings. The van der Waals surface area contributed by atoms with Crippen molar-refractivity contribution in [3.8, 4) is 5.88 Å². The minimum Gasteiger partial charge on any atom is -0.494 e. The summed E-state index contributed by atoms with van der Waals surface area (Å²) in [5.41, 5.74) is 4.20. The average Bonchev–Trinajstić information content (AvgIpc) is 3.33. The molecule has 2 aromatic heterocycles. The number of anilines is 1. The first kappa shape index (κ1) is 19.3. The van der Waals surface area contributed by atoms with Gasteiger partial charge in [-0.05, 0) is 65.4 Å². The van der Waals surface area contributed by atoms with Crippen molar-refractivity contribution >= 4 is 46.2 Å². The molecule has 1 amide bonds. The molecule has 8 heteroatoms. The van der Waals surface area contributed by atoms with Crippen molar-refractivity contribution < 1.29 is 15.0 Å². The highest BCUT2D eigenvalue weighted by molar-refractivity contribution is 5.96. The number of carboxylic acid groups (broad SMARTS) is 1. The maximum atomic E-state index is 10.9. The Hall–Kier alpha value is -4.72. The van der Waals surface area contributed by atoms with Crippen LogP contribution in [0, 0.1) is 0 Å². The number of nitrogens with zero attached hydrogens (tertiary/aromatic N) is 3. The zero-order valence-corrected chi connectivity index (χ0v) is 16.6. The van der Waals surface area contributed by atoms with Gasteiger partial charge in [-0.3, -0.25) is 10.3 Å². The van der Waals surface area contributed by atoms with Gasteiger partial charge in [-0.15, -0.1) is 10.2 Å². The molecule has 0 spiro atoms. The second-order valence-electron chi connectivity index (χ2n) is 7.20. The predicted molar refractivity (Wildman–Crippen MR) is 122 cm³/mol. The van der Waals surface area contributed by atoms with Gasteiger partial charge in [0.1, 0.15) is 0 Å². The van der Waals surface area contributed by atoms with Crippen LogP contribution in [0.1, 0.15) is 11.1 Å². The number of benzene rings is 2. The van der Waals surface area contributed by atoms with Gasteiger partial charge in [0, 0.05) is 39.8 Å². The summed E-state index contributed by atoms with van der Waals surface area (Å²) in [7, 11) is 0. The van der Waals surface area contributed by atoms with Gasteiger partial charge in [-0.25, -0.2) is 4.79 Å². The first-order chi connectivity index (χ1) is 15.6. The minimum atomic E-state index is -1.15. The quantitative estimate of drug-likeness (QED) is 0.394. The molecule has 156 valence electrons. The number of pyridine rings is 1. The molecule has 1 aliphatic heterocycles. The van der Waals surface area contributed by atoms with E-state index in [0.717, 1.165) is 27.4 Å². The Morgan fingerprint density at radius 2 is 1.84 bits per heavy atom. The van der Waals surface area contributed by atoms with Crippen LogP contribution in [0.25, 0.3) is 28.8 Å². The summed E-state index contributed by atoms with van der Waals surface area (Å²) < 4.78 is 0. The first-order valence-corrected chi connectivity index (χ1v) is 9.77. The van der Waals surface area contributed by atoms with Crippen molar-refractivity contribution in [2.75, 3.05) is 5.32 Å². The van der Waals surface area contributed by atoms with E-state index in [1.54, 1.807) is 30.6 Å². The number of aromatic nitrogens is 2. The molecule has 3 heterocycles. The standard InChI is InChI=1S/C24H17N5O3/c30-23-19(18-13-16(26-24(31)32)3-6-20(18)27-23)11-15-1-4-17-21(28-29-22(17)12-15)5-2-14-7-9-25-10-8-14/h1-13,26-27,30H,(H,31,32). The van der Waals surface area contributed by atoms with Crippen LogP contribution < -0.4 is 15.8 Å². The Morgan fingerprint density at radius 3 is 2.66 bits per heavy atom. The van der Waals surface area contributed by atoms with Crippen LogP contribution in [0.5, 0.6) is 5.88 Å². The Kier molecular flexibility index (Phi) is 4.72. The van der Waals surface area contributed by atoms with E-state index in [1.807, 2.05) is 48.6 Å². The first-order valence-electron chi connectivity index (χ1n) is 9.77. The lowest BCUT2D eigenvalue weighted by Gasteiger charge is -2.01. The van der Waals surface area contributed by atoms with E-state index in [4.69, 9.17) is 5.11 Å². The molecule has 32 heavy (non-hydrogen) atoms. The number of azo groups is 1. The molecular formula is C24H17N5O3. The van der Waals surface area contributed by atoms with Gasteiger partial charge in [0.05, 0.1) is 11.4 Å². The molecule has 8 nitrogen and oxygen atoms in total. The highest BCUT2D eigenvalue weighted by Crippen LogP contribution is 2.30. The highest BCUT2D eigenvalue weighted by atomic mass is 16.4. The second kappa shape index (κ2) is 7.84. The van der Waals surface area contributed by atoms with Gasteiger partial charge >= 0.3 is 6.09 Å². The monoisotopic (exact) mass is 423 g/mol. The van der Waals surface area contributed by atoms with Crippen molar-refractivity contribution in [3.05, 3.63) is 88.6 Å². The number of fused-ring (bicyclic) bond motifs is 2. The number of aromatic amines is 1. The van der Waals surface area contributed by atoms with E-state index in [1.165, 1.54) is 0 Å². The van der Waals surface area contributed by atoms with Crippen LogP contribution in [0.15, 0.2) is 77.2 Å². The van der Waals surface area contributed by atoms with E-state index < -0.39 is 6.09 Å². The van der Waals surface area contributed by atoms with E-state index in [9.17, 15) is 9.90 Å². The zero-order valence-electron chi connectivity index (χ0n) is 16.6. The zero-order chi connectivity index (χ0) is 22.1. The molecule has 0 radical (unpaired) electrons. The lowest BCUT2D eigenvalue weighted by atomic mass is 10.1. The highest BCUT2D eigenvalue weighted by Gasteiger charge is 2.11. The van der Waals surface area contributed by atoms with Crippen LogP contribution in [0.4, 0.5) is 16.2 Å². The van der Waals surface area contributed by atoms with Crippen molar-refractivity contribution in [3.63, 3.8) is 0 Å². The summed E-state index contributed by atoms with van der Waals surface area (Å²) in [4.78, 5) is 17.9. The SMILES string of the molecule is O=C(O)Nc1ccc2[nH]c(O)c(C=c3ccc4c(c3)N=NC=4C=Cc3ccncc3)c2c1. The molecule has 0 bridgehead atoms. The molecule has 0 saturated carbocycles. The fourth-order valence-corrected chi connectivity index (χ4v) is 3.58. The largest absolute Gasteiger partial charge is 0.494 e. The van der Waals surface area contributed by atoms with Gasteiger partial charge in [0.25, 0.3) is 0 Å². The average molecular weight is 423 g/mol. The number of nitrogens with one attached hydrogen (secondary N) is 2. The van der Waals surface area contributed by atoms with Crippen molar-refractivity contribution in [2.24, 2.45) is 10.2 Å². The van der Waals surface area contributed by atoms with Gasteiger partial charge in [-0.1, -0.05) is 12.1 Å². The van der Waals surface area contributed by atoms with E-state index in [0.29, 0.717) is 22.2 Å². The number of hydrogen-bond acceptors (Lipinski definition) is 5. The Balaban J connectivity index is 1.54. The van der Waals surface area contributed by atoms with Crippen LogP contribution in [0.2, 0.25) is 0 Å². The van der Waals surface area contributed by atoms with E-state index in [-0.39, 0.29) is 5.88 Å². The van der Waals surface area contributed by atoms with Gasteiger partial charge < -0.3 is 15.2 Å². The molecular weight excluding hydrogens is 406 g/mol. The number of hydrogen-bond donors (Lipinski definition) is 4. The third kappa shape index (κ3) is 3.72. The fourth-order valence-electron chi connectivity index (χ4n) is 3.58. The Morgan fingerprint density at radius 1 is 1.00 bits per heavy atom. The topological polar surface area (TPSA) is 123 Å². The van der Waals surface area contributed by atoms with E-state index in [2.05, 4.69) is 25.5 Å². The molecule has 1 aliphatic rings. The molecule has 0 unspecified atom stereocenters. The Bertz CT molecular complexity index is 1540. The van der Waals surface area contributed by atoms with Crippen molar-refractivity contribution in [1.82, 2.24) is 9.97 Å². The smallest absolute Gasteiger partial charge is 0.409 e. The summed E-state index contributed by atoms with van der Waals surface area (Å²) >= 11 is 0. The molecule has 0 aliphatic carbocycles. The molecule has 4 N–H and O–H groups in total. The van der Waals surface area contributed by atoms with Crippen LogP contribution >= 0.6 is 0 Å². The normalized spacial score (nSPS) is 13.2. The Labute approximate surface area is 181 Å². The lowest BCUT2D eigenvalue weighted by Crippen LogP contribution is -2.08. The number of rotatable bonds is 4. The predicted octanol–water partition coefficient (Wildman–Crippen LogP) is 4.11. The van der Waals surface area contributed by atoms with Crippen molar-refractivity contribution in [1.29, 1.82) is 0 Å². The fraction of sp³-hybridized carbons (Fsp3) is 0. The molecule has 2 aromatic carbocycles. The number of H-pyrrole nitrogens is 1. The molecule has 0 atom stereocenters. The van der Waals surface area contributed by atoms with E-state index >= 15 is 0 Å². The third-order valence-electron chi connectivity index (χ3n) is 5.08. The van der Waals surface area contributed by atoms with Gasteiger partial charge in [0.15, 0.2) is 5.88 Å². The second-order valence-corrected chi connectivity index (χ2v) is 7.20. The summed E-state index contributed by atoms with van der Waals surface area (Å²) in [6, 6.07) is 14.6. The van der Waals surface area contributed by atoms with Gasteiger partial charge in [-0.2, -0.15) is 0 Å². The summed E-state index contributed by atoms with van der Waals surface area (Å²) in [6.45, 7) is 0.